The van der Waals surface area contributed by atoms with E-state index in [0.29, 0.717) is 54.9 Å². The van der Waals surface area contributed by atoms with Gasteiger partial charge in [-0.2, -0.15) is 5.26 Å². The maximum atomic E-state index is 13.6. The molecule has 2 atom stereocenters. The number of aromatic nitrogens is 1. The second kappa shape index (κ2) is 21.2. The van der Waals surface area contributed by atoms with E-state index in [4.69, 9.17) is 5.26 Å². The van der Waals surface area contributed by atoms with Crippen molar-refractivity contribution >= 4 is 46.5 Å². The Kier molecular flexibility index (Phi) is 14.5. The summed E-state index contributed by atoms with van der Waals surface area (Å²) in [6.45, 7) is 7.76. The van der Waals surface area contributed by atoms with Gasteiger partial charge in [0.05, 0.1) is 24.0 Å². The predicted octanol–water partition coefficient (Wildman–Crippen LogP) is 7.88. The average molecular weight is 917 g/mol. The molecule has 5 aromatic rings. The van der Waals surface area contributed by atoms with E-state index in [9.17, 15) is 19.2 Å². The van der Waals surface area contributed by atoms with Crippen molar-refractivity contribution in [2.45, 2.75) is 76.2 Å². The molecule has 9 rings (SSSR count). The highest BCUT2D eigenvalue weighted by atomic mass is 32.1. The molecule has 6 heterocycles. The van der Waals surface area contributed by atoms with Crippen molar-refractivity contribution in [3.05, 3.63) is 136 Å². The van der Waals surface area contributed by atoms with Crippen LogP contribution in [0.5, 0.6) is 0 Å². The number of amides is 4. The van der Waals surface area contributed by atoms with E-state index in [1.807, 2.05) is 60.7 Å². The lowest BCUT2D eigenvalue weighted by Gasteiger charge is -2.48. The predicted molar refractivity (Wildman–Crippen MR) is 262 cm³/mol. The van der Waals surface area contributed by atoms with Crippen LogP contribution in [0.4, 0.5) is 11.5 Å². The number of anilines is 2. The third kappa shape index (κ3) is 11.5. The number of carbonyl (C=O) groups excluding carboxylic acids is 4. The molecular formula is C54H60N8O4S. The number of piperidine rings is 4. The summed E-state index contributed by atoms with van der Waals surface area (Å²) in [6, 6.07) is 35.0. The van der Waals surface area contributed by atoms with Crippen LogP contribution in [0, 0.1) is 22.7 Å². The number of carbonyl (C=O) groups is 4. The molecule has 4 fully saturated rings. The molecule has 4 aliphatic rings. The summed E-state index contributed by atoms with van der Waals surface area (Å²) in [5, 5.41) is 18.0. The molecule has 0 saturated carbocycles. The van der Waals surface area contributed by atoms with E-state index < -0.39 is 6.04 Å². The van der Waals surface area contributed by atoms with Crippen LogP contribution in [0.3, 0.4) is 0 Å². The number of thiophene rings is 1. The lowest BCUT2D eigenvalue weighted by Crippen LogP contribution is -2.48. The molecule has 4 amide bonds. The second-order valence-corrected chi connectivity index (χ2v) is 20.1. The van der Waals surface area contributed by atoms with E-state index in [1.54, 1.807) is 29.7 Å². The summed E-state index contributed by atoms with van der Waals surface area (Å²) in [5.74, 6) is 0.483. The van der Waals surface area contributed by atoms with Crippen LogP contribution in [0.2, 0.25) is 0 Å². The number of likely N-dealkylation sites (tertiary alicyclic amines) is 2. The van der Waals surface area contributed by atoms with Gasteiger partial charge >= 0.3 is 0 Å². The summed E-state index contributed by atoms with van der Waals surface area (Å²) in [7, 11) is 0. The molecule has 13 heteroatoms. The Bertz CT molecular complexity index is 2530. The monoisotopic (exact) mass is 916 g/mol. The smallest absolute Gasteiger partial charge is 0.247 e. The van der Waals surface area contributed by atoms with Gasteiger partial charge < -0.3 is 25.3 Å². The maximum absolute atomic E-state index is 13.6. The largest absolute Gasteiger partial charge is 0.371 e. The van der Waals surface area contributed by atoms with Crippen LogP contribution >= 0.6 is 11.3 Å². The van der Waals surface area contributed by atoms with Gasteiger partial charge in [0.15, 0.2) is 0 Å². The highest BCUT2D eigenvalue weighted by Gasteiger charge is 2.38. The van der Waals surface area contributed by atoms with E-state index >= 15 is 0 Å². The number of benzene rings is 3. The Morgan fingerprint density at radius 2 is 1.57 bits per heavy atom. The van der Waals surface area contributed by atoms with Gasteiger partial charge in [0.1, 0.15) is 11.9 Å². The van der Waals surface area contributed by atoms with Crippen molar-refractivity contribution in [1.29, 1.82) is 5.26 Å². The lowest BCUT2D eigenvalue weighted by molar-refractivity contribution is -0.134. The van der Waals surface area contributed by atoms with Crippen LogP contribution in [0.15, 0.2) is 109 Å². The minimum atomic E-state index is -0.572. The fourth-order valence-electron chi connectivity index (χ4n) is 10.4. The SMILES string of the molecule is N#Cc1ccc(CCNC(C(=O)Nc2ccc(-c3ccc(CC(=O)N4CCC(CN5CCC6(CC5)CCN(c5ccc(C7CCC(=O)NC7=O)cc5)CC6)CC4)s3)cn2)c2ccccc2)cc1. The van der Waals surface area contributed by atoms with Crippen LogP contribution in [-0.4, -0.2) is 90.8 Å². The van der Waals surface area contributed by atoms with Gasteiger partial charge in [0.2, 0.25) is 23.6 Å². The third-order valence-electron chi connectivity index (χ3n) is 14.7. The molecular weight excluding hydrogens is 857 g/mol. The van der Waals surface area contributed by atoms with Crippen LogP contribution in [0.25, 0.3) is 10.4 Å². The van der Waals surface area contributed by atoms with Crippen molar-refractivity contribution in [2.24, 2.45) is 11.3 Å². The first-order valence-electron chi connectivity index (χ1n) is 24.0. The van der Waals surface area contributed by atoms with Crippen LogP contribution in [0.1, 0.15) is 90.5 Å². The van der Waals surface area contributed by atoms with Crippen molar-refractivity contribution < 1.29 is 19.2 Å². The zero-order valence-electron chi connectivity index (χ0n) is 38.1. The molecule has 2 aromatic heterocycles. The quantitative estimate of drug-likeness (QED) is 0.0946. The van der Waals surface area contributed by atoms with Crippen molar-refractivity contribution in [1.82, 2.24) is 25.4 Å². The fourth-order valence-corrected chi connectivity index (χ4v) is 11.4. The number of pyridine rings is 1. The first kappa shape index (κ1) is 45.9. The van der Waals surface area contributed by atoms with E-state index in [2.05, 4.69) is 72.0 Å². The summed E-state index contributed by atoms with van der Waals surface area (Å²) in [5.41, 5.74) is 6.13. The van der Waals surface area contributed by atoms with Gasteiger partial charge in [-0.25, -0.2) is 4.98 Å². The van der Waals surface area contributed by atoms with Crippen LogP contribution < -0.4 is 20.9 Å². The number of imide groups is 1. The maximum Gasteiger partial charge on any atom is 0.247 e. The highest BCUT2D eigenvalue weighted by Crippen LogP contribution is 2.43. The first-order chi connectivity index (χ1) is 32.7. The summed E-state index contributed by atoms with van der Waals surface area (Å²) < 4.78 is 0. The average Bonchev–Trinajstić information content (AvgIpc) is 3.83. The van der Waals surface area contributed by atoms with Gasteiger partial charge in [0.25, 0.3) is 0 Å². The number of hydrogen-bond donors (Lipinski definition) is 3. The molecule has 4 aliphatic heterocycles. The van der Waals surface area contributed by atoms with Gasteiger partial charge in [-0.1, -0.05) is 54.6 Å². The van der Waals surface area contributed by atoms with E-state index in [-0.39, 0.29) is 29.5 Å². The molecule has 3 aromatic carbocycles. The fraction of sp³-hybridized carbons (Fsp3) is 0.407. The number of nitrogens with one attached hydrogen (secondary N) is 3. The summed E-state index contributed by atoms with van der Waals surface area (Å²) in [6.07, 6.45) is 10.9. The molecule has 12 nitrogen and oxygen atoms in total. The molecule has 0 bridgehead atoms. The molecule has 1 spiro atoms. The van der Waals surface area contributed by atoms with E-state index in [1.165, 1.54) is 31.4 Å². The zero-order chi connectivity index (χ0) is 46.2. The van der Waals surface area contributed by atoms with Crippen molar-refractivity contribution in [3.8, 4) is 16.5 Å². The second-order valence-electron chi connectivity index (χ2n) is 18.9. The standard InChI is InChI=1S/C54H60N8O4S/c55-35-39-8-6-38(7-9-39)20-27-56-51(42-4-2-1-3-5-42)53(66)58-48-18-12-43(36-57-48)47-17-15-45(67-47)34-50(64)62-28-21-40(22-29-62)37-60-30-23-54(24-31-60)25-32-61(33-26-54)44-13-10-41(11-14-44)46-16-19-49(63)59-52(46)65/h1-15,17-18,36,40,46,51,56H,16,19-34,37H2,(H,57,58,66)(H,59,63,65). The first-order valence-corrected chi connectivity index (χ1v) is 24.8. The minimum absolute atomic E-state index is 0.176. The Hall–Kier alpha value is -6.20. The molecule has 2 unspecified atom stereocenters. The zero-order valence-corrected chi connectivity index (χ0v) is 38.9. The minimum Gasteiger partial charge on any atom is -0.371 e. The molecule has 0 radical (unpaired) electrons. The molecule has 0 aliphatic carbocycles. The van der Waals surface area contributed by atoms with E-state index in [0.717, 1.165) is 90.7 Å². The number of nitrogens with zero attached hydrogens (tertiary/aromatic N) is 5. The number of rotatable bonds is 14. The highest BCUT2D eigenvalue weighted by molar-refractivity contribution is 7.15. The normalized spacial score (nSPS) is 19.4. The molecule has 346 valence electrons. The molecule has 4 saturated heterocycles. The summed E-state index contributed by atoms with van der Waals surface area (Å²) >= 11 is 1.62. The lowest BCUT2D eigenvalue weighted by atomic mass is 9.71. The number of hydrogen-bond acceptors (Lipinski definition) is 10. The Morgan fingerprint density at radius 3 is 2.25 bits per heavy atom. The molecule has 3 N–H and O–H groups in total. The van der Waals surface area contributed by atoms with Gasteiger partial charge in [-0.3, -0.25) is 24.5 Å². The van der Waals surface area contributed by atoms with Gasteiger partial charge in [-0.15, -0.1) is 11.3 Å². The Labute approximate surface area is 397 Å². The third-order valence-corrected chi connectivity index (χ3v) is 15.8. The van der Waals surface area contributed by atoms with Crippen molar-refractivity contribution in [3.63, 3.8) is 0 Å². The molecule has 67 heavy (non-hydrogen) atoms. The van der Waals surface area contributed by atoms with Gasteiger partial charge in [-0.05, 0) is 141 Å². The topological polar surface area (TPSA) is 151 Å². The number of nitriles is 1. The van der Waals surface area contributed by atoms with Gasteiger partial charge in [0, 0.05) is 72.9 Å². The summed E-state index contributed by atoms with van der Waals surface area (Å²) in [4.78, 5) is 64.9. The van der Waals surface area contributed by atoms with Crippen LogP contribution in [-0.2, 0) is 32.0 Å². The Morgan fingerprint density at radius 1 is 0.836 bits per heavy atom. The van der Waals surface area contributed by atoms with Crippen molar-refractivity contribution in [2.75, 3.05) is 62.6 Å². The Balaban J connectivity index is 0.685.